The monoisotopic (exact) mass is 414 g/mol. The summed E-state index contributed by atoms with van der Waals surface area (Å²) in [6.45, 7) is 6.66. The van der Waals surface area contributed by atoms with E-state index in [-0.39, 0.29) is 11.4 Å². The van der Waals surface area contributed by atoms with Gasteiger partial charge >= 0.3 is 0 Å². The molecule has 168 valence electrons. The minimum absolute atomic E-state index is 0.149. The molecule has 6 aliphatic rings. The van der Waals surface area contributed by atoms with Crippen molar-refractivity contribution in [2.45, 2.75) is 115 Å². The Hall–Kier alpha value is -0.900. The fraction of sp³-hybridized carbons (Fsp3) is 0.923. The lowest BCUT2D eigenvalue weighted by Crippen LogP contribution is -2.51. The second kappa shape index (κ2) is 7.60. The number of nitrogens with zero attached hydrogens (tertiary/aromatic N) is 1. The predicted octanol–water partition coefficient (Wildman–Crippen LogP) is 4.71. The number of hydrogen-bond donors (Lipinski definition) is 1. The van der Waals surface area contributed by atoms with Gasteiger partial charge in [-0.2, -0.15) is 0 Å². The molecule has 1 amide bonds. The van der Waals surface area contributed by atoms with Gasteiger partial charge in [0, 0.05) is 30.5 Å². The van der Waals surface area contributed by atoms with Crippen molar-refractivity contribution in [1.29, 1.82) is 0 Å². The van der Waals surface area contributed by atoms with Crippen LogP contribution in [0.25, 0.3) is 0 Å². The van der Waals surface area contributed by atoms with Crippen molar-refractivity contribution in [3.63, 3.8) is 0 Å². The maximum absolute atomic E-state index is 13.2. The van der Waals surface area contributed by atoms with E-state index in [1.54, 1.807) is 0 Å². The van der Waals surface area contributed by atoms with Gasteiger partial charge in [-0.05, 0) is 114 Å². The zero-order valence-electron chi connectivity index (χ0n) is 19.4. The Morgan fingerprint density at radius 2 is 1.43 bits per heavy atom. The highest BCUT2D eigenvalue weighted by molar-refractivity contribution is 5.80. The number of rotatable bonds is 6. The first kappa shape index (κ1) is 21.0. The molecule has 6 rings (SSSR count). The van der Waals surface area contributed by atoms with Crippen LogP contribution in [0.4, 0.5) is 0 Å². The molecule has 30 heavy (non-hydrogen) atoms. The summed E-state index contributed by atoms with van der Waals surface area (Å²) in [5, 5.41) is 3.12. The number of ketones is 1. The van der Waals surface area contributed by atoms with Crippen LogP contribution in [0.5, 0.6) is 0 Å². The number of hydrogen-bond acceptors (Lipinski definition) is 3. The van der Waals surface area contributed by atoms with Crippen LogP contribution in [0.2, 0.25) is 0 Å². The molecule has 2 heterocycles. The van der Waals surface area contributed by atoms with Crippen molar-refractivity contribution in [2.75, 3.05) is 6.54 Å². The van der Waals surface area contributed by atoms with Crippen LogP contribution in [0, 0.1) is 29.1 Å². The van der Waals surface area contributed by atoms with E-state index in [1.807, 2.05) is 20.8 Å². The Bertz CT molecular complexity index is 644. The van der Waals surface area contributed by atoms with E-state index in [9.17, 15) is 9.59 Å². The Balaban J connectivity index is 1.14. The Morgan fingerprint density at radius 1 is 0.900 bits per heavy atom. The summed E-state index contributed by atoms with van der Waals surface area (Å²) in [5.41, 5.74) is 0.217. The number of Topliss-reactive ketones (excluding diaryl/α,β-unsaturated/α-hetero) is 1. The standard InChI is InChI=1S/C26H42N2O2/c1-25(2,3)27-24(30)16-28-21-4-5-22(28)10-17(9-21)11-23(29)15-26-12-18-6-19(13-26)8-20(7-18)14-26/h17-22H,4-16H2,1-3H3,(H,27,30)/t17?,18?,19?,20?,21-,22+,26?. The second-order valence-electron chi connectivity index (χ2n) is 13.0. The first-order valence-corrected chi connectivity index (χ1v) is 12.7. The summed E-state index contributed by atoms with van der Waals surface area (Å²) in [6.07, 6.45) is 14.7. The lowest BCUT2D eigenvalue weighted by molar-refractivity contribution is -0.130. The Morgan fingerprint density at radius 3 is 1.93 bits per heavy atom. The second-order valence-corrected chi connectivity index (χ2v) is 13.0. The molecule has 2 saturated heterocycles. The van der Waals surface area contributed by atoms with Crippen molar-refractivity contribution >= 4 is 11.7 Å². The molecule has 1 N–H and O–H groups in total. The van der Waals surface area contributed by atoms with Gasteiger partial charge in [-0.25, -0.2) is 0 Å². The highest BCUT2D eigenvalue weighted by atomic mass is 16.2. The minimum atomic E-state index is -0.169. The van der Waals surface area contributed by atoms with Crippen molar-refractivity contribution in [3.05, 3.63) is 0 Å². The number of piperidine rings is 1. The molecule has 4 nitrogen and oxygen atoms in total. The molecular formula is C26H42N2O2. The number of fused-ring (bicyclic) bond motifs is 2. The van der Waals surface area contributed by atoms with Crippen molar-refractivity contribution in [1.82, 2.24) is 10.2 Å². The lowest BCUT2D eigenvalue weighted by atomic mass is 9.48. The summed E-state index contributed by atoms with van der Waals surface area (Å²) in [6, 6.07) is 1.01. The van der Waals surface area contributed by atoms with E-state index in [1.165, 1.54) is 51.4 Å². The van der Waals surface area contributed by atoms with Crippen LogP contribution in [-0.2, 0) is 9.59 Å². The first-order valence-electron chi connectivity index (χ1n) is 12.7. The third-order valence-corrected chi connectivity index (χ3v) is 9.08. The van der Waals surface area contributed by atoms with Crippen LogP contribution in [0.3, 0.4) is 0 Å². The summed E-state index contributed by atoms with van der Waals surface area (Å²) in [5.74, 6) is 4.05. The van der Waals surface area contributed by atoms with Gasteiger partial charge in [0.1, 0.15) is 5.78 Å². The lowest BCUT2D eigenvalue weighted by Gasteiger charge is -2.56. The van der Waals surface area contributed by atoms with Crippen molar-refractivity contribution in [3.8, 4) is 0 Å². The number of nitrogens with one attached hydrogen (secondary N) is 1. The molecule has 0 aromatic carbocycles. The van der Waals surface area contributed by atoms with Crippen LogP contribution < -0.4 is 5.32 Å². The van der Waals surface area contributed by atoms with Crippen LogP contribution in [0.15, 0.2) is 0 Å². The van der Waals surface area contributed by atoms with Gasteiger partial charge in [0.2, 0.25) is 5.91 Å². The zero-order chi connectivity index (χ0) is 21.1. The van der Waals surface area contributed by atoms with E-state index in [0.29, 0.717) is 35.7 Å². The molecule has 0 aromatic heterocycles. The van der Waals surface area contributed by atoms with Crippen LogP contribution in [0.1, 0.15) is 97.8 Å². The van der Waals surface area contributed by atoms with Gasteiger partial charge < -0.3 is 5.32 Å². The smallest absolute Gasteiger partial charge is 0.234 e. The number of carbonyl (C=O) groups is 2. The maximum Gasteiger partial charge on any atom is 0.234 e. The fourth-order valence-corrected chi connectivity index (χ4v) is 8.75. The highest BCUT2D eigenvalue weighted by Gasteiger charge is 2.51. The van der Waals surface area contributed by atoms with Crippen LogP contribution in [-0.4, -0.2) is 40.8 Å². The van der Waals surface area contributed by atoms with Gasteiger partial charge in [-0.15, -0.1) is 0 Å². The molecule has 6 fully saturated rings. The maximum atomic E-state index is 13.2. The van der Waals surface area contributed by atoms with E-state index in [2.05, 4.69) is 10.2 Å². The van der Waals surface area contributed by atoms with Gasteiger partial charge in [0.05, 0.1) is 6.54 Å². The summed E-state index contributed by atoms with van der Waals surface area (Å²) in [7, 11) is 0. The number of amides is 1. The Kier molecular flexibility index (Phi) is 5.31. The van der Waals surface area contributed by atoms with E-state index >= 15 is 0 Å². The molecule has 0 radical (unpaired) electrons. The molecule has 6 bridgehead atoms. The number of carbonyl (C=O) groups excluding carboxylic acids is 2. The summed E-state index contributed by atoms with van der Waals surface area (Å²) < 4.78 is 0. The molecule has 4 heteroatoms. The van der Waals surface area contributed by atoms with Crippen molar-refractivity contribution < 1.29 is 9.59 Å². The largest absolute Gasteiger partial charge is 0.350 e. The van der Waals surface area contributed by atoms with Crippen molar-refractivity contribution in [2.24, 2.45) is 29.1 Å². The van der Waals surface area contributed by atoms with E-state index in [0.717, 1.165) is 43.4 Å². The van der Waals surface area contributed by atoms with Crippen LogP contribution >= 0.6 is 0 Å². The third kappa shape index (κ3) is 4.36. The van der Waals surface area contributed by atoms with Gasteiger partial charge in [-0.3, -0.25) is 14.5 Å². The molecule has 4 aliphatic carbocycles. The molecule has 3 atom stereocenters. The summed E-state index contributed by atoms with van der Waals surface area (Å²) >= 11 is 0. The minimum Gasteiger partial charge on any atom is -0.350 e. The first-order chi connectivity index (χ1) is 14.2. The summed E-state index contributed by atoms with van der Waals surface area (Å²) in [4.78, 5) is 28.1. The van der Waals surface area contributed by atoms with Gasteiger partial charge in [0.15, 0.2) is 0 Å². The molecule has 4 saturated carbocycles. The topological polar surface area (TPSA) is 49.4 Å². The molecular weight excluding hydrogens is 372 g/mol. The average molecular weight is 415 g/mol. The SMILES string of the molecule is CC(C)(C)NC(=O)CN1[C@@H]2CC[C@H]1CC(CC(=O)CC13CC4CC(CC(C4)C1)C3)C2. The highest BCUT2D eigenvalue weighted by Crippen LogP contribution is 2.61. The normalized spacial score (nSPS) is 42.5. The van der Waals surface area contributed by atoms with E-state index in [4.69, 9.17) is 0 Å². The molecule has 0 spiro atoms. The average Bonchev–Trinajstić information content (AvgIpc) is 2.81. The molecule has 1 unspecified atom stereocenters. The zero-order valence-corrected chi connectivity index (χ0v) is 19.4. The molecule has 0 aromatic rings. The van der Waals surface area contributed by atoms with E-state index < -0.39 is 0 Å². The Labute approximate surface area is 182 Å². The molecule has 2 aliphatic heterocycles. The quantitative estimate of drug-likeness (QED) is 0.685. The van der Waals surface area contributed by atoms with Gasteiger partial charge in [0.25, 0.3) is 0 Å². The predicted molar refractivity (Wildman–Crippen MR) is 119 cm³/mol. The van der Waals surface area contributed by atoms with Gasteiger partial charge in [-0.1, -0.05) is 0 Å². The third-order valence-electron chi connectivity index (χ3n) is 9.08. The fourth-order valence-electron chi connectivity index (χ4n) is 8.75.